The molecule has 9 heteroatoms. The Kier molecular flexibility index (Phi) is 8.32. The van der Waals surface area contributed by atoms with Gasteiger partial charge in [-0.1, -0.05) is 12.1 Å². The number of hydrogen-bond donors (Lipinski definition) is 1. The van der Waals surface area contributed by atoms with Crippen molar-refractivity contribution in [3.63, 3.8) is 0 Å². The van der Waals surface area contributed by atoms with E-state index < -0.39 is 10.0 Å². The summed E-state index contributed by atoms with van der Waals surface area (Å²) in [5.74, 6) is 0.287. The van der Waals surface area contributed by atoms with Crippen LogP contribution in [0, 0.1) is 0 Å². The number of piperidine rings is 1. The summed E-state index contributed by atoms with van der Waals surface area (Å²) in [5.41, 5.74) is 1.47. The van der Waals surface area contributed by atoms with Gasteiger partial charge in [-0.3, -0.25) is 13.9 Å². The lowest BCUT2D eigenvalue weighted by Gasteiger charge is -2.27. The lowest BCUT2D eigenvalue weighted by molar-refractivity contribution is -0.116. The summed E-state index contributed by atoms with van der Waals surface area (Å²) in [4.78, 5) is 27.3. The van der Waals surface area contributed by atoms with Crippen LogP contribution in [0.3, 0.4) is 0 Å². The molecule has 1 saturated heterocycles. The van der Waals surface area contributed by atoms with Crippen LogP contribution in [0.2, 0.25) is 0 Å². The molecule has 0 spiro atoms. The van der Waals surface area contributed by atoms with Crippen LogP contribution in [0.5, 0.6) is 5.75 Å². The van der Waals surface area contributed by atoms with Gasteiger partial charge in [0.2, 0.25) is 15.9 Å². The number of anilines is 2. The molecule has 0 atom stereocenters. The molecule has 1 aliphatic heterocycles. The molecule has 2 aromatic carbocycles. The summed E-state index contributed by atoms with van der Waals surface area (Å²) in [7, 11) is -1.97. The van der Waals surface area contributed by atoms with Crippen molar-refractivity contribution >= 4 is 33.2 Å². The quantitative estimate of drug-likeness (QED) is 0.601. The second kappa shape index (κ2) is 11.2. The standard InChI is InChI=1S/C24H31N3O5S/c1-32-20-14-12-19(13-15-20)27(33(2,30)31)18-8-11-23(28)25-22-10-5-4-9-21(22)24(29)26-16-6-3-7-17-26/h4-5,9-10,12-15H,3,6-8,11,16-18H2,1-2H3,(H,25,28). The van der Waals surface area contributed by atoms with E-state index in [-0.39, 0.29) is 24.8 Å². The van der Waals surface area contributed by atoms with Crippen LogP contribution >= 0.6 is 0 Å². The van der Waals surface area contributed by atoms with E-state index in [1.165, 1.54) is 4.31 Å². The number of para-hydroxylation sites is 1. The van der Waals surface area contributed by atoms with Gasteiger partial charge < -0.3 is 15.0 Å². The zero-order valence-electron chi connectivity index (χ0n) is 19.1. The highest BCUT2D eigenvalue weighted by molar-refractivity contribution is 7.92. The van der Waals surface area contributed by atoms with Crippen molar-refractivity contribution in [1.29, 1.82) is 0 Å². The first-order valence-corrected chi connectivity index (χ1v) is 12.9. The summed E-state index contributed by atoms with van der Waals surface area (Å²) < 4.78 is 30.9. The molecule has 1 fully saturated rings. The molecule has 3 rings (SSSR count). The smallest absolute Gasteiger partial charge is 0.255 e. The van der Waals surface area contributed by atoms with E-state index in [2.05, 4.69) is 5.32 Å². The molecule has 1 aliphatic rings. The van der Waals surface area contributed by atoms with E-state index in [9.17, 15) is 18.0 Å². The van der Waals surface area contributed by atoms with Crippen LogP contribution in [0.25, 0.3) is 0 Å². The molecule has 2 amide bonds. The van der Waals surface area contributed by atoms with Crippen LogP contribution < -0.4 is 14.4 Å². The van der Waals surface area contributed by atoms with E-state index in [0.717, 1.165) is 38.6 Å². The van der Waals surface area contributed by atoms with Gasteiger partial charge in [0.25, 0.3) is 5.91 Å². The summed E-state index contributed by atoms with van der Waals surface area (Å²) in [6.07, 6.45) is 4.70. The molecule has 0 aromatic heterocycles. The third-order valence-electron chi connectivity index (χ3n) is 5.60. The predicted octanol–water partition coefficient (Wildman–Crippen LogP) is 3.51. The number of ether oxygens (including phenoxy) is 1. The molecule has 0 saturated carbocycles. The van der Waals surface area contributed by atoms with E-state index in [4.69, 9.17) is 4.74 Å². The van der Waals surface area contributed by atoms with E-state index in [1.807, 2.05) is 4.90 Å². The highest BCUT2D eigenvalue weighted by Gasteiger charge is 2.22. The van der Waals surface area contributed by atoms with Crippen molar-refractivity contribution in [2.45, 2.75) is 32.1 Å². The average Bonchev–Trinajstić information content (AvgIpc) is 2.82. The molecule has 0 aliphatic carbocycles. The van der Waals surface area contributed by atoms with Gasteiger partial charge in [-0.05, 0) is 62.1 Å². The third-order valence-corrected chi connectivity index (χ3v) is 6.79. The topological polar surface area (TPSA) is 96.0 Å². The minimum absolute atomic E-state index is 0.0756. The highest BCUT2D eigenvalue weighted by atomic mass is 32.2. The fourth-order valence-electron chi connectivity index (χ4n) is 3.88. The summed E-state index contributed by atoms with van der Waals surface area (Å²) in [6, 6.07) is 13.7. The Morgan fingerprint density at radius 3 is 2.33 bits per heavy atom. The maximum Gasteiger partial charge on any atom is 0.255 e. The maximum absolute atomic E-state index is 12.9. The number of hydrogen-bond acceptors (Lipinski definition) is 5. The highest BCUT2D eigenvalue weighted by Crippen LogP contribution is 2.23. The van der Waals surface area contributed by atoms with Crippen molar-refractivity contribution in [2.75, 3.05) is 42.6 Å². The largest absolute Gasteiger partial charge is 0.497 e. The molecular formula is C24H31N3O5S. The van der Waals surface area contributed by atoms with Crippen molar-refractivity contribution in [3.05, 3.63) is 54.1 Å². The van der Waals surface area contributed by atoms with Crippen LogP contribution in [-0.4, -0.2) is 58.1 Å². The molecular weight excluding hydrogens is 442 g/mol. The van der Waals surface area contributed by atoms with Gasteiger partial charge in [0.1, 0.15) is 5.75 Å². The SMILES string of the molecule is COc1ccc(N(CCCC(=O)Nc2ccccc2C(=O)N2CCCCC2)S(C)(=O)=O)cc1. The zero-order chi connectivity index (χ0) is 23.8. The first kappa shape index (κ1) is 24.6. The molecule has 1 N–H and O–H groups in total. The number of amides is 2. The molecule has 178 valence electrons. The summed E-state index contributed by atoms with van der Waals surface area (Å²) in [5, 5.41) is 2.83. The lowest BCUT2D eigenvalue weighted by Crippen LogP contribution is -2.36. The Morgan fingerprint density at radius 2 is 1.70 bits per heavy atom. The van der Waals surface area contributed by atoms with Crippen molar-refractivity contribution in [2.24, 2.45) is 0 Å². The molecule has 0 radical (unpaired) electrons. The number of nitrogens with one attached hydrogen (secondary N) is 1. The lowest BCUT2D eigenvalue weighted by atomic mass is 10.1. The Hall–Kier alpha value is -3.07. The molecule has 2 aromatic rings. The van der Waals surface area contributed by atoms with Crippen LogP contribution in [0.15, 0.2) is 48.5 Å². The van der Waals surface area contributed by atoms with E-state index >= 15 is 0 Å². The molecule has 8 nitrogen and oxygen atoms in total. The number of nitrogens with zero attached hydrogens (tertiary/aromatic N) is 2. The normalized spacial score (nSPS) is 13.9. The number of likely N-dealkylation sites (tertiary alicyclic amines) is 1. The van der Waals surface area contributed by atoms with Crippen LogP contribution in [0.4, 0.5) is 11.4 Å². The van der Waals surface area contributed by atoms with Crippen LogP contribution in [-0.2, 0) is 14.8 Å². The Balaban J connectivity index is 1.61. The second-order valence-electron chi connectivity index (χ2n) is 8.08. The van der Waals surface area contributed by atoms with Gasteiger partial charge in [-0.15, -0.1) is 0 Å². The fourth-order valence-corrected chi connectivity index (χ4v) is 4.84. The number of benzene rings is 2. The number of carbonyl (C=O) groups is 2. The minimum atomic E-state index is -3.51. The summed E-state index contributed by atoms with van der Waals surface area (Å²) >= 11 is 0. The second-order valence-corrected chi connectivity index (χ2v) is 9.99. The zero-order valence-corrected chi connectivity index (χ0v) is 19.9. The average molecular weight is 474 g/mol. The van der Waals surface area contributed by atoms with Crippen molar-refractivity contribution < 1.29 is 22.7 Å². The maximum atomic E-state index is 12.9. The van der Waals surface area contributed by atoms with Crippen LogP contribution in [0.1, 0.15) is 42.5 Å². The molecule has 1 heterocycles. The van der Waals surface area contributed by atoms with Gasteiger partial charge >= 0.3 is 0 Å². The van der Waals surface area contributed by atoms with Gasteiger partial charge in [0.15, 0.2) is 0 Å². The summed E-state index contributed by atoms with van der Waals surface area (Å²) in [6.45, 7) is 1.62. The Bertz CT molecular complexity index is 1060. The van der Waals surface area contributed by atoms with E-state index in [1.54, 1.807) is 55.6 Å². The number of carbonyl (C=O) groups excluding carboxylic acids is 2. The predicted molar refractivity (Wildman–Crippen MR) is 129 cm³/mol. The third kappa shape index (κ3) is 6.71. The van der Waals surface area contributed by atoms with Gasteiger partial charge in [0, 0.05) is 26.1 Å². The number of methoxy groups -OCH3 is 1. The minimum Gasteiger partial charge on any atom is -0.497 e. The molecule has 0 bridgehead atoms. The molecule has 33 heavy (non-hydrogen) atoms. The Labute approximate surface area is 195 Å². The van der Waals surface area contributed by atoms with Crippen molar-refractivity contribution in [3.8, 4) is 5.75 Å². The first-order valence-electron chi connectivity index (χ1n) is 11.1. The van der Waals surface area contributed by atoms with Crippen molar-refractivity contribution in [1.82, 2.24) is 4.90 Å². The van der Waals surface area contributed by atoms with Gasteiger partial charge in [-0.25, -0.2) is 8.42 Å². The number of sulfonamides is 1. The van der Waals surface area contributed by atoms with Gasteiger partial charge in [-0.2, -0.15) is 0 Å². The fraction of sp³-hybridized carbons (Fsp3) is 0.417. The molecule has 0 unspecified atom stereocenters. The monoisotopic (exact) mass is 473 g/mol. The van der Waals surface area contributed by atoms with E-state index in [0.29, 0.717) is 29.1 Å². The van der Waals surface area contributed by atoms with Gasteiger partial charge in [0.05, 0.1) is 30.3 Å². The first-order chi connectivity index (χ1) is 15.8. The number of rotatable bonds is 9. The Morgan fingerprint density at radius 1 is 1.03 bits per heavy atom.